The maximum Gasteiger partial charge on any atom is 0.315 e. The van der Waals surface area contributed by atoms with Crippen molar-refractivity contribution in [1.29, 1.82) is 0 Å². The highest BCUT2D eigenvalue weighted by molar-refractivity contribution is 6.42. The second kappa shape index (κ2) is 10.2. The largest absolute Gasteiger partial charge is 0.462 e. The van der Waals surface area contributed by atoms with Gasteiger partial charge in [-0.15, -0.1) is 0 Å². The first-order valence-corrected chi connectivity index (χ1v) is 12.5. The van der Waals surface area contributed by atoms with E-state index in [1.165, 1.54) is 0 Å². The standard InChI is InChI=1S/C27H26Cl3NO3/c1-4-14(2)34-27(33)24-15(3)31-22-12-18(16-5-8-19(28)9-6-16)13-23(32)26(22)25(24)17-7-10-20(29)21(30)11-17/h5-11,14,18,24-25H,4,12-13H2,1-3H3/t14-,18-,24?,25-/m1/s1. The lowest BCUT2D eigenvalue weighted by Crippen LogP contribution is -2.39. The summed E-state index contributed by atoms with van der Waals surface area (Å²) in [6, 6.07) is 12.8. The predicted octanol–water partition coefficient (Wildman–Crippen LogP) is 7.56. The van der Waals surface area contributed by atoms with E-state index in [4.69, 9.17) is 44.5 Å². The molecular weight excluding hydrogens is 493 g/mol. The normalized spacial score (nSPS) is 23.3. The van der Waals surface area contributed by atoms with Gasteiger partial charge in [0.25, 0.3) is 0 Å². The van der Waals surface area contributed by atoms with Crippen molar-refractivity contribution in [3.63, 3.8) is 0 Å². The van der Waals surface area contributed by atoms with Gasteiger partial charge >= 0.3 is 5.97 Å². The van der Waals surface area contributed by atoms with Gasteiger partial charge in [0.2, 0.25) is 0 Å². The molecular formula is C27H26Cl3NO3. The molecule has 0 fully saturated rings. The van der Waals surface area contributed by atoms with E-state index in [0.29, 0.717) is 45.6 Å². The summed E-state index contributed by atoms with van der Waals surface area (Å²) in [4.78, 5) is 31.7. The number of carbonyl (C=O) groups excluding carboxylic acids is 2. The Labute approximate surface area is 215 Å². The number of ketones is 1. The van der Waals surface area contributed by atoms with Crippen LogP contribution >= 0.6 is 34.8 Å². The fourth-order valence-corrected chi connectivity index (χ4v) is 5.19. The fourth-order valence-electron chi connectivity index (χ4n) is 4.76. The maximum atomic E-state index is 13.6. The summed E-state index contributed by atoms with van der Waals surface area (Å²) in [5.41, 5.74) is 3.72. The molecule has 1 aliphatic heterocycles. The lowest BCUT2D eigenvalue weighted by Gasteiger charge is -2.37. The van der Waals surface area contributed by atoms with Gasteiger partial charge < -0.3 is 4.74 Å². The Hall–Kier alpha value is -2.14. The fraction of sp³-hybridized carbons (Fsp3) is 0.370. The van der Waals surface area contributed by atoms with Crippen LogP contribution in [0.1, 0.15) is 63.0 Å². The van der Waals surface area contributed by atoms with Gasteiger partial charge in [-0.2, -0.15) is 0 Å². The van der Waals surface area contributed by atoms with Crippen LogP contribution in [0.15, 0.2) is 58.7 Å². The molecule has 0 saturated carbocycles. The first-order valence-electron chi connectivity index (χ1n) is 11.4. The van der Waals surface area contributed by atoms with E-state index in [-0.39, 0.29) is 23.8 Å². The molecule has 0 bridgehead atoms. The van der Waals surface area contributed by atoms with Crippen molar-refractivity contribution in [2.45, 2.75) is 58.0 Å². The summed E-state index contributed by atoms with van der Waals surface area (Å²) in [6.07, 6.45) is 1.40. The summed E-state index contributed by atoms with van der Waals surface area (Å²) in [5, 5.41) is 1.44. The number of nitrogens with zero attached hydrogens (tertiary/aromatic N) is 1. The minimum absolute atomic E-state index is 0.00172. The third-order valence-electron chi connectivity index (χ3n) is 6.68. The molecule has 7 heteroatoms. The smallest absolute Gasteiger partial charge is 0.315 e. The number of hydrogen-bond acceptors (Lipinski definition) is 4. The molecule has 2 aliphatic rings. The molecule has 0 radical (unpaired) electrons. The van der Waals surface area contributed by atoms with Gasteiger partial charge in [-0.1, -0.05) is 59.9 Å². The zero-order chi connectivity index (χ0) is 24.6. The number of halogens is 3. The van der Waals surface area contributed by atoms with E-state index in [0.717, 1.165) is 16.8 Å². The number of hydrogen-bond donors (Lipinski definition) is 0. The van der Waals surface area contributed by atoms with Crippen molar-refractivity contribution >= 4 is 52.3 Å². The summed E-state index contributed by atoms with van der Waals surface area (Å²) in [5.74, 6) is -1.64. The minimum atomic E-state index is -0.707. The zero-order valence-electron chi connectivity index (χ0n) is 19.3. The Kier molecular flexibility index (Phi) is 7.51. The summed E-state index contributed by atoms with van der Waals surface area (Å²) in [7, 11) is 0. The number of carbonyl (C=O) groups is 2. The molecule has 2 aromatic rings. The molecule has 0 spiro atoms. The molecule has 1 heterocycles. The number of ether oxygens (including phenoxy) is 1. The quantitative estimate of drug-likeness (QED) is 0.384. The molecule has 1 unspecified atom stereocenters. The van der Waals surface area contributed by atoms with Crippen molar-refractivity contribution in [3.05, 3.63) is 79.9 Å². The minimum Gasteiger partial charge on any atom is -0.462 e. The SMILES string of the molecule is CC[C@@H](C)OC(=O)C1C(C)=NC2=C(C(=O)C[C@H](c3ccc(Cl)cc3)C2)[C@@H]1c1ccc(Cl)c(Cl)c1. The molecule has 2 aromatic carbocycles. The van der Waals surface area contributed by atoms with Gasteiger partial charge in [0.05, 0.1) is 16.1 Å². The van der Waals surface area contributed by atoms with Crippen molar-refractivity contribution in [2.75, 3.05) is 0 Å². The van der Waals surface area contributed by atoms with Gasteiger partial charge in [0, 0.05) is 34.3 Å². The number of benzene rings is 2. The number of rotatable bonds is 5. The van der Waals surface area contributed by atoms with E-state index in [1.54, 1.807) is 12.1 Å². The lowest BCUT2D eigenvalue weighted by molar-refractivity contribution is -0.151. The van der Waals surface area contributed by atoms with E-state index < -0.39 is 11.8 Å². The van der Waals surface area contributed by atoms with Crippen LogP contribution in [0.5, 0.6) is 0 Å². The highest BCUT2D eigenvalue weighted by Gasteiger charge is 2.45. The van der Waals surface area contributed by atoms with Crippen LogP contribution < -0.4 is 0 Å². The van der Waals surface area contributed by atoms with Crippen LogP contribution in [0, 0.1) is 5.92 Å². The summed E-state index contributed by atoms with van der Waals surface area (Å²) >= 11 is 18.6. The Balaban J connectivity index is 1.79. The Morgan fingerprint density at radius 2 is 1.74 bits per heavy atom. The molecule has 4 atom stereocenters. The Morgan fingerprint density at radius 3 is 2.38 bits per heavy atom. The zero-order valence-corrected chi connectivity index (χ0v) is 21.5. The van der Waals surface area contributed by atoms with Crippen molar-refractivity contribution in [1.82, 2.24) is 0 Å². The van der Waals surface area contributed by atoms with Crippen LogP contribution in [0.4, 0.5) is 0 Å². The molecule has 4 rings (SSSR count). The van der Waals surface area contributed by atoms with Crippen LogP contribution in [-0.4, -0.2) is 23.6 Å². The topological polar surface area (TPSA) is 55.7 Å². The van der Waals surface area contributed by atoms with Crippen LogP contribution in [0.3, 0.4) is 0 Å². The molecule has 1 aliphatic carbocycles. The van der Waals surface area contributed by atoms with Crippen LogP contribution in [-0.2, 0) is 14.3 Å². The molecule has 4 nitrogen and oxygen atoms in total. The first kappa shape index (κ1) is 25.0. The monoisotopic (exact) mass is 517 g/mol. The number of Topliss-reactive ketones (excluding diaryl/α,β-unsaturated/α-hetero) is 1. The number of esters is 1. The molecule has 0 aromatic heterocycles. The maximum absolute atomic E-state index is 13.6. The highest BCUT2D eigenvalue weighted by Crippen LogP contribution is 2.47. The van der Waals surface area contributed by atoms with Crippen molar-refractivity contribution < 1.29 is 14.3 Å². The Bertz CT molecular complexity index is 1190. The van der Waals surface area contributed by atoms with Crippen LogP contribution in [0.2, 0.25) is 15.1 Å². The molecule has 0 saturated heterocycles. The van der Waals surface area contributed by atoms with E-state index >= 15 is 0 Å². The first-order chi connectivity index (χ1) is 16.2. The third kappa shape index (κ3) is 4.95. The van der Waals surface area contributed by atoms with Gasteiger partial charge in [-0.3, -0.25) is 14.6 Å². The lowest BCUT2D eigenvalue weighted by atomic mass is 9.69. The van der Waals surface area contributed by atoms with Crippen molar-refractivity contribution in [3.8, 4) is 0 Å². The van der Waals surface area contributed by atoms with E-state index in [9.17, 15) is 9.59 Å². The molecule has 0 amide bonds. The molecule has 34 heavy (non-hydrogen) atoms. The van der Waals surface area contributed by atoms with E-state index in [2.05, 4.69) is 0 Å². The number of aliphatic imine (C=N–C) groups is 1. The van der Waals surface area contributed by atoms with Gasteiger partial charge in [0.15, 0.2) is 5.78 Å². The average Bonchev–Trinajstić information content (AvgIpc) is 2.80. The highest BCUT2D eigenvalue weighted by atomic mass is 35.5. The number of allylic oxidation sites excluding steroid dienone is 2. The molecule has 178 valence electrons. The van der Waals surface area contributed by atoms with E-state index in [1.807, 2.05) is 51.1 Å². The van der Waals surface area contributed by atoms with Gasteiger partial charge in [0.1, 0.15) is 5.92 Å². The molecule has 0 N–H and O–H groups in total. The summed E-state index contributed by atoms with van der Waals surface area (Å²) in [6.45, 7) is 5.64. The van der Waals surface area contributed by atoms with Crippen molar-refractivity contribution in [2.24, 2.45) is 10.9 Å². The summed E-state index contributed by atoms with van der Waals surface area (Å²) < 4.78 is 5.71. The van der Waals surface area contributed by atoms with Gasteiger partial charge in [-0.25, -0.2) is 0 Å². The predicted molar refractivity (Wildman–Crippen MR) is 137 cm³/mol. The average molecular weight is 519 g/mol. The third-order valence-corrected chi connectivity index (χ3v) is 7.67. The van der Waals surface area contributed by atoms with Gasteiger partial charge in [-0.05, 0) is 68.0 Å². The van der Waals surface area contributed by atoms with Crippen LogP contribution in [0.25, 0.3) is 0 Å². The Morgan fingerprint density at radius 1 is 1.06 bits per heavy atom. The second-order valence-electron chi connectivity index (χ2n) is 8.98. The second-order valence-corrected chi connectivity index (χ2v) is 10.2.